The first-order chi connectivity index (χ1) is 36.2. The molecule has 10 aromatic carbocycles. The number of hydrogen-bond acceptors (Lipinski definition) is 2. The van der Waals surface area contributed by atoms with Gasteiger partial charge in [-0.1, -0.05) is 200 Å². The van der Waals surface area contributed by atoms with Crippen molar-refractivity contribution in [3.63, 3.8) is 0 Å². The van der Waals surface area contributed by atoms with Crippen LogP contribution in [0, 0.1) is 0 Å². The van der Waals surface area contributed by atoms with Crippen LogP contribution < -0.4 is 9.80 Å². The molecule has 0 aliphatic heterocycles. The minimum Gasteiger partial charge on any atom is -0.334 e. The third-order valence-corrected chi connectivity index (χ3v) is 14.8. The molecule has 3 nitrogen and oxygen atoms in total. The highest BCUT2D eigenvalue weighted by atomic mass is 15.2. The lowest BCUT2D eigenvalue weighted by Gasteiger charge is -2.33. The van der Waals surface area contributed by atoms with Gasteiger partial charge >= 0.3 is 0 Å². The number of allylic oxidation sites excluding steroid dienone is 6. The van der Waals surface area contributed by atoms with Crippen LogP contribution in [0.1, 0.15) is 29.9 Å². The van der Waals surface area contributed by atoms with Crippen molar-refractivity contribution in [2.75, 3.05) is 9.80 Å². The number of nitrogens with zero attached hydrogens (tertiary/aromatic N) is 3. The molecule has 0 saturated carbocycles. The van der Waals surface area contributed by atoms with Crippen LogP contribution in [0.5, 0.6) is 0 Å². The summed E-state index contributed by atoms with van der Waals surface area (Å²) >= 11 is 0. The second-order valence-corrected chi connectivity index (χ2v) is 19.2. The molecule has 0 radical (unpaired) electrons. The maximum absolute atomic E-state index is 2.55. The van der Waals surface area contributed by atoms with Gasteiger partial charge in [-0.05, 0) is 147 Å². The Morgan fingerprint density at radius 3 is 1.51 bits per heavy atom. The van der Waals surface area contributed by atoms with Gasteiger partial charge in [0.15, 0.2) is 0 Å². The second kappa shape index (κ2) is 19.2. The van der Waals surface area contributed by atoms with Crippen LogP contribution in [0.25, 0.3) is 66.1 Å². The van der Waals surface area contributed by atoms with Crippen LogP contribution in [0.2, 0.25) is 0 Å². The van der Waals surface area contributed by atoms with E-state index in [9.17, 15) is 0 Å². The first-order valence-corrected chi connectivity index (χ1v) is 25.5. The summed E-state index contributed by atoms with van der Waals surface area (Å²) in [4.78, 5) is 4.95. The van der Waals surface area contributed by atoms with Crippen molar-refractivity contribution in [1.82, 2.24) is 4.57 Å². The predicted molar refractivity (Wildman–Crippen MR) is 310 cm³/mol. The molecule has 2 atom stereocenters. The Bertz CT molecular complexity index is 3800. The van der Waals surface area contributed by atoms with E-state index in [0.29, 0.717) is 5.92 Å². The fourth-order valence-electron chi connectivity index (χ4n) is 11.1. The van der Waals surface area contributed by atoms with Crippen molar-refractivity contribution in [1.29, 1.82) is 0 Å². The van der Waals surface area contributed by atoms with Gasteiger partial charge in [-0.3, -0.25) is 0 Å². The molecule has 0 spiro atoms. The van der Waals surface area contributed by atoms with Crippen LogP contribution in [0.4, 0.5) is 28.4 Å². The van der Waals surface area contributed by atoms with Gasteiger partial charge in [-0.25, -0.2) is 0 Å². The minimum atomic E-state index is 0.103. The van der Waals surface area contributed by atoms with Crippen molar-refractivity contribution in [2.45, 2.75) is 24.8 Å². The molecule has 13 rings (SSSR count). The highest BCUT2D eigenvalue weighted by Crippen LogP contribution is 2.44. The molecule has 0 amide bonds. The second-order valence-electron chi connectivity index (χ2n) is 19.2. The number of aromatic nitrogens is 1. The Balaban J connectivity index is 0.982. The molecule has 2 aliphatic rings. The average Bonchev–Trinajstić information content (AvgIpc) is 3.80. The summed E-state index contributed by atoms with van der Waals surface area (Å²) in [7, 11) is 0. The van der Waals surface area contributed by atoms with Crippen molar-refractivity contribution < 1.29 is 0 Å². The van der Waals surface area contributed by atoms with Crippen molar-refractivity contribution in [2.24, 2.45) is 0 Å². The Morgan fingerprint density at radius 1 is 0.384 bits per heavy atom. The Labute approximate surface area is 427 Å². The summed E-state index contributed by atoms with van der Waals surface area (Å²) in [6, 6.07) is 89.1. The van der Waals surface area contributed by atoms with Crippen LogP contribution in [-0.2, 0) is 0 Å². The summed E-state index contributed by atoms with van der Waals surface area (Å²) in [5, 5.41) is 4.83. The molecule has 0 fully saturated rings. The molecule has 2 unspecified atom stereocenters. The fraction of sp³-hybridized carbons (Fsp3) is 0.0571. The lowest BCUT2D eigenvalue weighted by Crippen LogP contribution is -2.30. The molecule has 3 heteroatoms. The quantitative estimate of drug-likeness (QED) is 0.128. The van der Waals surface area contributed by atoms with Crippen molar-refractivity contribution in [3.8, 4) is 27.9 Å². The van der Waals surface area contributed by atoms with E-state index in [-0.39, 0.29) is 6.04 Å². The van der Waals surface area contributed by atoms with E-state index < -0.39 is 0 Å². The van der Waals surface area contributed by atoms with E-state index >= 15 is 0 Å². The smallest absolute Gasteiger partial charge is 0.0560 e. The summed E-state index contributed by atoms with van der Waals surface area (Å²) < 4.78 is 2.46. The van der Waals surface area contributed by atoms with Gasteiger partial charge in [0.2, 0.25) is 0 Å². The Morgan fingerprint density at radius 2 is 0.918 bits per heavy atom. The summed E-state index contributed by atoms with van der Waals surface area (Å²) in [5.41, 5.74) is 17.7. The number of rotatable bonds is 11. The van der Waals surface area contributed by atoms with Gasteiger partial charge in [-0.15, -0.1) is 0 Å². The zero-order chi connectivity index (χ0) is 48.5. The van der Waals surface area contributed by atoms with Crippen LogP contribution in [0.15, 0.2) is 285 Å². The Kier molecular flexibility index (Phi) is 11.5. The molecule has 2 aliphatic carbocycles. The van der Waals surface area contributed by atoms with Gasteiger partial charge in [0.25, 0.3) is 0 Å². The fourth-order valence-corrected chi connectivity index (χ4v) is 11.1. The molecule has 0 saturated heterocycles. The Hall–Kier alpha value is -9.18. The topological polar surface area (TPSA) is 11.4 Å². The van der Waals surface area contributed by atoms with Gasteiger partial charge in [-0.2, -0.15) is 0 Å². The van der Waals surface area contributed by atoms with Gasteiger partial charge in [0.1, 0.15) is 0 Å². The SMILES string of the molecule is C1=CCC(c2ccc(N(c3ccc4c(c3)c3cc(N(c5ccc(-c6ccccc6)cc5)c5ccc(-c6ccccc6)cc5)ccc3n4-c3ccc4ccccc4c3)C3C=CC(c4ccccc4)=CC3)cc2)C=C1. The number of hydrogen-bond donors (Lipinski definition) is 0. The van der Waals surface area contributed by atoms with E-state index in [2.05, 4.69) is 300 Å². The minimum absolute atomic E-state index is 0.103. The molecule has 11 aromatic rings. The number of benzene rings is 10. The lowest BCUT2D eigenvalue weighted by atomic mass is 9.92. The monoisotopic (exact) mass is 935 g/mol. The molecular formula is C70H53N3. The zero-order valence-corrected chi connectivity index (χ0v) is 40.5. The molecule has 0 N–H and O–H groups in total. The van der Waals surface area contributed by atoms with E-state index in [4.69, 9.17) is 0 Å². The number of fused-ring (bicyclic) bond motifs is 4. The first kappa shape index (κ1) is 43.8. The van der Waals surface area contributed by atoms with Crippen LogP contribution in [0.3, 0.4) is 0 Å². The number of anilines is 5. The molecule has 348 valence electrons. The normalized spacial score (nSPS) is 15.2. The van der Waals surface area contributed by atoms with E-state index in [0.717, 1.165) is 52.3 Å². The maximum atomic E-state index is 2.55. The highest BCUT2D eigenvalue weighted by Gasteiger charge is 2.24. The third kappa shape index (κ3) is 8.55. The van der Waals surface area contributed by atoms with Crippen molar-refractivity contribution in [3.05, 3.63) is 296 Å². The highest BCUT2D eigenvalue weighted by molar-refractivity contribution is 6.12. The van der Waals surface area contributed by atoms with Gasteiger partial charge < -0.3 is 14.4 Å². The third-order valence-electron chi connectivity index (χ3n) is 14.8. The summed E-state index contributed by atoms with van der Waals surface area (Å²) in [5.74, 6) is 0.383. The molecule has 1 aromatic heterocycles. The molecule has 73 heavy (non-hydrogen) atoms. The molecule has 1 heterocycles. The largest absolute Gasteiger partial charge is 0.334 e. The molecular weight excluding hydrogens is 883 g/mol. The van der Waals surface area contributed by atoms with Crippen molar-refractivity contribution >= 4 is 66.6 Å². The molecule has 0 bridgehead atoms. The van der Waals surface area contributed by atoms with E-state index in [1.165, 1.54) is 66.2 Å². The van der Waals surface area contributed by atoms with Gasteiger partial charge in [0.05, 0.1) is 17.1 Å². The van der Waals surface area contributed by atoms with Crippen LogP contribution >= 0.6 is 0 Å². The van der Waals surface area contributed by atoms with E-state index in [1.54, 1.807) is 0 Å². The first-order valence-electron chi connectivity index (χ1n) is 25.5. The summed E-state index contributed by atoms with van der Waals surface area (Å²) in [6.45, 7) is 0. The maximum Gasteiger partial charge on any atom is 0.0560 e. The lowest BCUT2D eigenvalue weighted by molar-refractivity contribution is 0.786. The zero-order valence-electron chi connectivity index (χ0n) is 40.5. The van der Waals surface area contributed by atoms with E-state index in [1.807, 2.05) is 0 Å². The summed E-state index contributed by atoms with van der Waals surface area (Å²) in [6.07, 6.45) is 17.9. The predicted octanol–water partition coefficient (Wildman–Crippen LogP) is 18.9. The van der Waals surface area contributed by atoms with Crippen LogP contribution in [-0.4, -0.2) is 10.6 Å². The van der Waals surface area contributed by atoms with Gasteiger partial charge in [0, 0.05) is 50.8 Å². The standard InChI is InChI=1S/C70H53N3/c1-5-15-50(16-6-1)55-25-34-60(35-26-55)71(61-36-27-56(28-37-61)51-17-7-2-8-18-51)65-43-45-69-67(48-65)68-49-66(44-46-70(68)73(69)64-42-33-54-23-13-14-24-59(54)47-64)72(62-38-29-57(30-39-62)52-19-9-3-10-20-52)63-40-31-58(32-41-63)53-21-11-4-12-22-53/h1-21,23-38,40-49,53,62H,22,39H2. The average molecular weight is 936 g/mol.